The third-order valence-corrected chi connectivity index (χ3v) is 4.24. The molecule has 0 saturated carbocycles. The highest BCUT2D eigenvalue weighted by molar-refractivity contribution is 6.31. The van der Waals surface area contributed by atoms with E-state index >= 15 is 0 Å². The number of pyridine rings is 1. The van der Waals surface area contributed by atoms with Crippen LogP contribution in [0.3, 0.4) is 0 Å². The zero-order chi connectivity index (χ0) is 18.0. The van der Waals surface area contributed by atoms with Crippen LogP contribution in [-0.2, 0) is 13.5 Å². The van der Waals surface area contributed by atoms with E-state index in [0.717, 1.165) is 5.56 Å². The summed E-state index contributed by atoms with van der Waals surface area (Å²) in [6.07, 6.45) is 2.07. The minimum absolute atomic E-state index is 0.0661. The Labute approximate surface area is 148 Å². The summed E-state index contributed by atoms with van der Waals surface area (Å²) in [4.78, 5) is 24.9. The summed E-state index contributed by atoms with van der Waals surface area (Å²) in [7, 11) is 1.77. The first-order chi connectivity index (χ1) is 12.0. The molecule has 6 heteroatoms. The van der Waals surface area contributed by atoms with Crippen molar-refractivity contribution in [3.8, 4) is 0 Å². The van der Waals surface area contributed by atoms with Crippen molar-refractivity contribution < 1.29 is 9.18 Å². The van der Waals surface area contributed by atoms with Gasteiger partial charge in [-0.05, 0) is 42.3 Å². The van der Waals surface area contributed by atoms with Gasteiger partial charge in [-0.15, -0.1) is 0 Å². The monoisotopic (exact) mass is 358 g/mol. The lowest BCUT2D eigenvalue weighted by Crippen LogP contribution is -2.31. The van der Waals surface area contributed by atoms with Crippen molar-refractivity contribution in [3.05, 3.63) is 80.9 Å². The molecule has 0 radical (unpaired) electrons. The molecule has 1 aromatic heterocycles. The first-order valence-corrected chi connectivity index (χ1v) is 8.15. The molecule has 1 N–H and O–H groups in total. The molecular weight excluding hydrogens is 343 g/mol. The molecule has 0 fully saturated rings. The average Bonchev–Trinajstić information content (AvgIpc) is 2.59. The Morgan fingerprint density at radius 3 is 2.64 bits per heavy atom. The molecular formula is C19H16ClFN2O2. The van der Waals surface area contributed by atoms with Crippen LogP contribution in [0, 0.1) is 5.82 Å². The number of rotatable bonds is 4. The summed E-state index contributed by atoms with van der Waals surface area (Å²) in [5, 5.41) is 3.58. The van der Waals surface area contributed by atoms with Gasteiger partial charge in [-0.3, -0.25) is 9.59 Å². The predicted octanol–water partition coefficient (Wildman–Crippen LogP) is 3.30. The number of nitrogens with zero attached hydrogens (tertiary/aromatic N) is 1. The van der Waals surface area contributed by atoms with E-state index in [4.69, 9.17) is 11.6 Å². The SMILES string of the molecule is Cn1cc(C(=O)NCCc2ccc(F)cc2)c(=O)c2cc(Cl)ccc21. The summed E-state index contributed by atoms with van der Waals surface area (Å²) in [5.74, 6) is -0.740. The zero-order valence-electron chi connectivity index (χ0n) is 13.6. The van der Waals surface area contributed by atoms with Crippen molar-refractivity contribution in [2.45, 2.75) is 6.42 Å². The molecule has 128 valence electrons. The van der Waals surface area contributed by atoms with Crippen LogP contribution in [0.1, 0.15) is 15.9 Å². The van der Waals surface area contributed by atoms with E-state index in [1.165, 1.54) is 18.3 Å². The standard InChI is InChI=1S/C19H16ClFN2O2/c1-23-11-16(18(24)15-10-13(20)4-7-17(15)23)19(25)22-9-8-12-2-5-14(21)6-3-12/h2-7,10-11H,8-9H2,1H3,(H,22,25). The van der Waals surface area contributed by atoms with Gasteiger partial charge in [-0.25, -0.2) is 4.39 Å². The Morgan fingerprint density at radius 2 is 1.92 bits per heavy atom. The van der Waals surface area contributed by atoms with Crippen LogP contribution in [0.15, 0.2) is 53.5 Å². The number of aryl methyl sites for hydroxylation is 1. The predicted molar refractivity (Wildman–Crippen MR) is 96.6 cm³/mol. The molecule has 0 unspecified atom stereocenters. The van der Waals surface area contributed by atoms with Crippen LogP contribution in [0.25, 0.3) is 10.9 Å². The smallest absolute Gasteiger partial charge is 0.256 e. The van der Waals surface area contributed by atoms with Crippen molar-refractivity contribution in [1.82, 2.24) is 9.88 Å². The summed E-state index contributed by atoms with van der Waals surface area (Å²) in [6, 6.07) is 11.1. The molecule has 3 rings (SSSR count). The lowest BCUT2D eigenvalue weighted by atomic mass is 10.1. The van der Waals surface area contributed by atoms with Gasteiger partial charge >= 0.3 is 0 Å². The van der Waals surface area contributed by atoms with Gasteiger partial charge < -0.3 is 9.88 Å². The van der Waals surface area contributed by atoms with Crippen molar-refractivity contribution in [2.75, 3.05) is 6.54 Å². The maximum absolute atomic E-state index is 12.9. The van der Waals surface area contributed by atoms with Crippen LogP contribution >= 0.6 is 11.6 Å². The Morgan fingerprint density at radius 1 is 1.20 bits per heavy atom. The maximum atomic E-state index is 12.9. The van der Waals surface area contributed by atoms with E-state index in [0.29, 0.717) is 28.9 Å². The molecule has 0 aliphatic rings. The van der Waals surface area contributed by atoms with Gasteiger partial charge in [0.2, 0.25) is 5.43 Å². The normalized spacial score (nSPS) is 10.8. The van der Waals surface area contributed by atoms with Crippen molar-refractivity contribution in [2.24, 2.45) is 7.05 Å². The van der Waals surface area contributed by atoms with Gasteiger partial charge in [0.1, 0.15) is 11.4 Å². The molecule has 0 aliphatic heterocycles. The van der Waals surface area contributed by atoms with Crippen LogP contribution in [-0.4, -0.2) is 17.0 Å². The van der Waals surface area contributed by atoms with Crippen LogP contribution in [0.2, 0.25) is 5.02 Å². The summed E-state index contributed by atoms with van der Waals surface area (Å²) in [5.41, 5.74) is 1.32. The zero-order valence-corrected chi connectivity index (χ0v) is 14.3. The number of halogens is 2. The third kappa shape index (κ3) is 3.72. The lowest BCUT2D eigenvalue weighted by molar-refractivity contribution is 0.0952. The van der Waals surface area contributed by atoms with Crippen molar-refractivity contribution in [1.29, 1.82) is 0 Å². The van der Waals surface area contributed by atoms with Gasteiger partial charge in [-0.1, -0.05) is 23.7 Å². The molecule has 0 spiro atoms. The van der Waals surface area contributed by atoms with Gasteiger partial charge in [-0.2, -0.15) is 0 Å². The first-order valence-electron chi connectivity index (χ1n) is 7.77. The largest absolute Gasteiger partial charge is 0.352 e. The second-order valence-electron chi connectivity index (χ2n) is 5.78. The lowest BCUT2D eigenvalue weighted by Gasteiger charge is -2.10. The number of benzene rings is 2. The highest BCUT2D eigenvalue weighted by atomic mass is 35.5. The van der Waals surface area contributed by atoms with Crippen LogP contribution in [0.4, 0.5) is 4.39 Å². The molecule has 0 bridgehead atoms. The molecule has 2 aromatic carbocycles. The molecule has 1 amide bonds. The van der Waals surface area contributed by atoms with Crippen LogP contribution < -0.4 is 10.7 Å². The Balaban J connectivity index is 1.79. The molecule has 3 aromatic rings. The molecule has 0 aliphatic carbocycles. The number of aromatic nitrogens is 1. The van der Waals surface area contributed by atoms with E-state index in [-0.39, 0.29) is 16.8 Å². The Hall–Kier alpha value is -2.66. The number of carbonyl (C=O) groups excluding carboxylic acids is 1. The quantitative estimate of drug-likeness (QED) is 0.778. The Bertz CT molecular complexity index is 997. The van der Waals surface area contributed by atoms with E-state index in [1.54, 1.807) is 41.9 Å². The third-order valence-electron chi connectivity index (χ3n) is 4.01. The second-order valence-corrected chi connectivity index (χ2v) is 6.21. The van der Waals surface area contributed by atoms with Gasteiger partial charge in [0, 0.05) is 30.2 Å². The van der Waals surface area contributed by atoms with Crippen molar-refractivity contribution >= 4 is 28.4 Å². The van der Waals surface area contributed by atoms with Crippen molar-refractivity contribution in [3.63, 3.8) is 0 Å². The number of carbonyl (C=O) groups is 1. The number of hydrogen-bond donors (Lipinski definition) is 1. The molecule has 25 heavy (non-hydrogen) atoms. The van der Waals surface area contributed by atoms with Crippen LogP contribution in [0.5, 0.6) is 0 Å². The minimum Gasteiger partial charge on any atom is -0.352 e. The maximum Gasteiger partial charge on any atom is 0.256 e. The van der Waals surface area contributed by atoms with Gasteiger partial charge in [0.25, 0.3) is 5.91 Å². The molecule has 4 nitrogen and oxygen atoms in total. The van der Waals surface area contributed by atoms with E-state index < -0.39 is 5.91 Å². The number of fused-ring (bicyclic) bond motifs is 1. The van der Waals surface area contributed by atoms with Gasteiger partial charge in [0.05, 0.1) is 5.52 Å². The molecule has 0 saturated heterocycles. The number of amides is 1. The first kappa shape index (κ1) is 17.2. The summed E-state index contributed by atoms with van der Waals surface area (Å²) in [6.45, 7) is 0.348. The van der Waals surface area contributed by atoms with Gasteiger partial charge in [0.15, 0.2) is 0 Å². The topological polar surface area (TPSA) is 51.1 Å². The molecule has 1 heterocycles. The summed E-state index contributed by atoms with van der Waals surface area (Å²) < 4.78 is 14.6. The number of nitrogens with one attached hydrogen (secondary N) is 1. The fourth-order valence-electron chi connectivity index (χ4n) is 2.69. The molecule has 0 atom stereocenters. The highest BCUT2D eigenvalue weighted by Gasteiger charge is 2.14. The van der Waals surface area contributed by atoms with E-state index in [1.807, 2.05) is 0 Å². The highest BCUT2D eigenvalue weighted by Crippen LogP contribution is 2.16. The average molecular weight is 359 g/mol. The number of hydrogen-bond acceptors (Lipinski definition) is 2. The minimum atomic E-state index is -0.440. The Kier molecular flexibility index (Phi) is 4.86. The fraction of sp³-hybridized carbons (Fsp3) is 0.158. The van der Waals surface area contributed by atoms with E-state index in [9.17, 15) is 14.0 Å². The fourth-order valence-corrected chi connectivity index (χ4v) is 2.87. The second kappa shape index (κ2) is 7.07. The van der Waals surface area contributed by atoms with E-state index in [2.05, 4.69) is 5.32 Å². The summed E-state index contributed by atoms with van der Waals surface area (Å²) >= 11 is 5.96.